The molecule has 9 nitrogen and oxygen atoms in total. The van der Waals surface area contributed by atoms with Crippen LogP contribution in [-0.4, -0.2) is 69.4 Å². The zero-order chi connectivity index (χ0) is 22.1. The van der Waals surface area contributed by atoms with Gasteiger partial charge in [-0.15, -0.1) is 11.6 Å². The van der Waals surface area contributed by atoms with Crippen LogP contribution >= 0.6 is 11.6 Å². The molecule has 2 fully saturated rings. The molecule has 1 saturated carbocycles. The van der Waals surface area contributed by atoms with Gasteiger partial charge in [-0.05, 0) is 25.5 Å². The lowest BCUT2D eigenvalue weighted by Gasteiger charge is -2.42. The molecular weight excluding hydrogens is 422 g/mol. The van der Waals surface area contributed by atoms with Gasteiger partial charge in [0.1, 0.15) is 17.0 Å². The third kappa shape index (κ3) is 4.38. The maximum Gasteiger partial charge on any atom is 0.259 e. The number of carbonyl (C=O) groups excluding carboxylic acids is 1. The van der Waals surface area contributed by atoms with Gasteiger partial charge in [0.15, 0.2) is 0 Å². The van der Waals surface area contributed by atoms with Crippen LogP contribution in [0.15, 0.2) is 28.8 Å². The largest absolute Gasteiger partial charge is 0.399 e. The number of aromatic nitrogens is 1. The summed E-state index contributed by atoms with van der Waals surface area (Å²) in [4.78, 5) is 28.2. The molecule has 0 bridgehead atoms. The predicted octanol–water partition coefficient (Wildman–Crippen LogP) is 2.80. The Morgan fingerprint density at radius 1 is 1.23 bits per heavy atom. The van der Waals surface area contributed by atoms with Gasteiger partial charge in [0.2, 0.25) is 6.04 Å². The number of hydrogen-bond donors (Lipinski definition) is 1. The Morgan fingerprint density at radius 2 is 1.90 bits per heavy atom. The maximum atomic E-state index is 13.3. The van der Waals surface area contributed by atoms with Crippen molar-refractivity contribution in [1.29, 1.82) is 0 Å². The predicted molar refractivity (Wildman–Crippen MR) is 117 cm³/mol. The number of nitrogen functional groups attached to an aromatic ring is 1. The summed E-state index contributed by atoms with van der Waals surface area (Å²) in [6, 6.07) is 6.74. The van der Waals surface area contributed by atoms with Crippen LogP contribution in [0.25, 0.3) is 11.3 Å². The molecule has 31 heavy (non-hydrogen) atoms. The molecule has 2 aliphatic rings. The first-order valence-electron chi connectivity index (χ1n) is 10.5. The minimum atomic E-state index is -0.551. The number of halogens is 1. The number of nitrogens with two attached hydrogens (primary N) is 1. The minimum absolute atomic E-state index is 0.107. The van der Waals surface area contributed by atoms with Crippen molar-refractivity contribution in [3.05, 3.63) is 45.7 Å². The van der Waals surface area contributed by atoms with Crippen molar-refractivity contribution in [2.45, 2.75) is 43.6 Å². The van der Waals surface area contributed by atoms with Crippen LogP contribution in [0.1, 0.15) is 35.4 Å². The van der Waals surface area contributed by atoms with Crippen molar-refractivity contribution in [3.63, 3.8) is 0 Å². The van der Waals surface area contributed by atoms with Crippen molar-refractivity contribution < 1.29 is 14.2 Å². The fraction of sp³-hybridized carbons (Fsp3) is 0.524. The lowest BCUT2D eigenvalue weighted by atomic mass is 9.89. The van der Waals surface area contributed by atoms with Crippen molar-refractivity contribution in [1.82, 2.24) is 15.0 Å². The van der Waals surface area contributed by atoms with E-state index in [1.165, 1.54) is 0 Å². The van der Waals surface area contributed by atoms with Gasteiger partial charge in [-0.25, -0.2) is 0 Å². The van der Waals surface area contributed by atoms with Crippen molar-refractivity contribution >= 4 is 23.2 Å². The second-order valence-corrected chi connectivity index (χ2v) is 8.81. The van der Waals surface area contributed by atoms with Gasteiger partial charge in [0.05, 0.1) is 5.38 Å². The highest BCUT2D eigenvalue weighted by Gasteiger charge is 2.39. The van der Waals surface area contributed by atoms with E-state index in [4.69, 9.17) is 21.9 Å². The smallest absolute Gasteiger partial charge is 0.259 e. The topological polar surface area (TPSA) is 119 Å². The van der Waals surface area contributed by atoms with Gasteiger partial charge >= 0.3 is 0 Å². The molecule has 166 valence electrons. The summed E-state index contributed by atoms with van der Waals surface area (Å²) < 4.78 is 5.34. The van der Waals surface area contributed by atoms with Gasteiger partial charge in [-0.1, -0.05) is 17.3 Å². The highest BCUT2D eigenvalue weighted by atomic mass is 35.5. The van der Waals surface area contributed by atoms with E-state index in [-0.39, 0.29) is 22.2 Å². The molecule has 0 spiro atoms. The Hall–Kier alpha value is -2.65. The molecule has 1 aliphatic heterocycles. The summed E-state index contributed by atoms with van der Waals surface area (Å²) in [5, 5.41) is 14.9. The Labute approximate surface area is 185 Å². The first-order chi connectivity index (χ1) is 14.8. The highest BCUT2D eigenvalue weighted by molar-refractivity contribution is 6.21. The molecule has 4 rings (SSSR count). The number of nitrogens with zero attached hydrogens (tertiary/aromatic N) is 4. The van der Waals surface area contributed by atoms with Gasteiger partial charge < -0.3 is 15.2 Å². The average molecular weight is 448 g/mol. The van der Waals surface area contributed by atoms with Gasteiger partial charge in [0, 0.05) is 61.2 Å². The third-order valence-corrected chi connectivity index (χ3v) is 6.81. The van der Waals surface area contributed by atoms with Gasteiger partial charge in [-0.3, -0.25) is 19.8 Å². The molecule has 1 aromatic heterocycles. The van der Waals surface area contributed by atoms with E-state index in [9.17, 15) is 14.9 Å². The maximum absolute atomic E-state index is 13.3. The van der Waals surface area contributed by atoms with E-state index in [1.54, 1.807) is 19.1 Å². The van der Waals surface area contributed by atoms with E-state index in [2.05, 4.69) is 10.1 Å². The zero-order valence-corrected chi connectivity index (χ0v) is 18.1. The summed E-state index contributed by atoms with van der Waals surface area (Å²) >= 11 is 6.50. The number of benzene rings is 1. The summed E-state index contributed by atoms with van der Waals surface area (Å²) in [6.07, 6.45) is 1.65. The minimum Gasteiger partial charge on any atom is -0.399 e. The van der Waals surface area contributed by atoms with Crippen molar-refractivity contribution in [3.8, 4) is 11.3 Å². The van der Waals surface area contributed by atoms with E-state index in [1.807, 2.05) is 17.0 Å². The summed E-state index contributed by atoms with van der Waals surface area (Å²) in [6.45, 7) is 4.23. The molecular formula is C21H26ClN5O4. The monoisotopic (exact) mass is 447 g/mol. The Balaban J connectivity index is 1.42. The average Bonchev–Trinajstić information content (AvgIpc) is 3.15. The lowest BCUT2D eigenvalue weighted by Crippen LogP contribution is -2.56. The van der Waals surface area contributed by atoms with Crippen LogP contribution in [0, 0.1) is 17.0 Å². The quantitative estimate of drug-likeness (QED) is 0.331. The van der Waals surface area contributed by atoms with Gasteiger partial charge in [-0.2, -0.15) is 0 Å². The molecule has 1 aromatic carbocycles. The Kier molecular flexibility index (Phi) is 6.15. The molecule has 3 unspecified atom stereocenters. The number of hydrogen-bond acceptors (Lipinski definition) is 7. The summed E-state index contributed by atoms with van der Waals surface area (Å²) in [7, 11) is 0. The van der Waals surface area contributed by atoms with Crippen LogP contribution < -0.4 is 5.73 Å². The number of piperazine rings is 1. The van der Waals surface area contributed by atoms with E-state index < -0.39 is 6.04 Å². The van der Waals surface area contributed by atoms with E-state index in [0.717, 1.165) is 5.56 Å². The molecule has 1 amide bonds. The number of alkyl halides is 1. The van der Waals surface area contributed by atoms with Crippen molar-refractivity contribution in [2.24, 2.45) is 0 Å². The highest BCUT2D eigenvalue weighted by Crippen LogP contribution is 2.31. The number of carbonyl (C=O) groups is 1. The fourth-order valence-corrected chi connectivity index (χ4v) is 5.05. The molecule has 3 atom stereocenters. The lowest BCUT2D eigenvalue weighted by molar-refractivity contribution is -0.526. The first-order valence-corrected chi connectivity index (χ1v) is 10.9. The number of amides is 1. The zero-order valence-electron chi connectivity index (χ0n) is 17.4. The summed E-state index contributed by atoms with van der Waals surface area (Å²) in [5.41, 5.74) is 8.17. The Bertz CT molecular complexity index is 955. The molecule has 0 radical (unpaired) electrons. The first kappa shape index (κ1) is 21.6. The molecule has 2 heterocycles. The molecule has 2 aromatic rings. The second-order valence-electron chi connectivity index (χ2n) is 8.25. The molecule has 1 aliphatic carbocycles. The van der Waals surface area contributed by atoms with Gasteiger partial charge in [0.25, 0.3) is 5.91 Å². The summed E-state index contributed by atoms with van der Waals surface area (Å²) in [5.74, 6) is 0.378. The number of anilines is 1. The standard InChI is InChI=1S/C21H26ClN5O4/c1-13-19(20(24-31-13)14-2-4-15(23)5-3-14)21(28)26-10-8-25(9-11-26)18-7-6-16(27(29)30)12-17(18)22/h2-5,16-18H,6-12,23H2,1H3. The molecule has 1 saturated heterocycles. The normalized spacial score (nSPS) is 24.8. The van der Waals surface area contributed by atoms with Crippen LogP contribution in [0.5, 0.6) is 0 Å². The number of aryl methyl sites for hydroxylation is 1. The number of nitro groups is 1. The third-order valence-electron chi connectivity index (χ3n) is 6.34. The van der Waals surface area contributed by atoms with Crippen LogP contribution in [0.3, 0.4) is 0 Å². The molecule has 10 heteroatoms. The van der Waals surface area contributed by atoms with Crippen LogP contribution in [0.4, 0.5) is 5.69 Å². The second kappa shape index (κ2) is 8.84. The van der Waals surface area contributed by atoms with Crippen molar-refractivity contribution in [2.75, 3.05) is 31.9 Å². The van der Waals surface area contributed by atoms with Crippen LogP contribution in [-0.2, 0) is 0 Å². The fourth-order valence-electron chi connectivity index (χ4n) is 4.56. The Morgan fingerprint density at radius 3 is 2.52 bits per heavy atom. The SMILES string of the molecule is Cc1onc(-c2ccc(N)cc2)c1C(=O)N1CCN(C2CCC([N+](=O)[O-])CC2Cl)CC1. The van der Waals surface area contributed by atoms with E-state index in [0.29, 0.717) is 68.1 Å². The molecule has 2 N–H and O–H groups in total. The van der Waals surface area contributed by atoms with E-state index >= 15 is 0 Å². The van der Waals surface area contributed by atoms with Crippen LogP contribution in [0.2, 0.25) is 0 Å². The number of rotatable bonds is 4.